The van der Waals surface area contributed by atoms with Crippen molar-refractivity contribution in [2.45, 2.75) is 31.9 Å². The second-order valence-electron chi connectivity index (χ2n) is 6.07. The smallest absolute Gasteiger partial charge is 0.414 e. The van der Waals surface area contributed by atoms with Gasteiger partial charge in [0.25, 0.3) is 0 Å². The third-order valence-electron chi connectivity index (χ3n) is 4.44. The second-order valence-corrected chi connectivity index (χ2v) is 6.07. The summed E-state index contributed by atoms with van der Waals surface area (Å²) in [4.78, 5) is 26.7. The lowest BCUT2D eigenvalue weighted by atomic mass is 9.83. The number of ether oxygens (including phenoxy) is 1. The molecule has 1 aromatic rings. The van der Waals surface area contributed by atoms with Crippen molar-refractivity contribution in [1.29, 1.82) is 0 Å². The zero-order valence-corrected chi connectivity index (χ0v) is 13.6. The van der Waals surface area contributed by atoms with Crippen molar-refractivity contribution >= 4 is 11.9 Å². The van der Waals surface area contributed by atoms with Gasteiger partial charge in [0.15, 0.2) is 0 Å². The fourth-order valence-corrected chi connectivity index (χ4v) is 3.26. The molecule has 1 aliphatic heterocycles. The van der Waals surface area contributed by atoms with E-state index in [9.17, 15) is 9.59 Å². The van der Waals surface area contributed by atoms with Gasteiger partial charge in [-0.2, -0.15) is 0 Å². The Morgan fingerprint density at radius 2 is 2.12 bits per heavy atom. The number of hydrogen-bond donors (Lipinski definition) is 0. The van der Waals surface area contributed by atoms with Crippen molar-refractivity contribution in [3.05, 3.63) is 72.5 Å². The zero-order valence-electron chi connectivity index (χ0n) is 13.6. The normalized spacial score (nSPS) is 22.6. The molecule has 1 aromatic carbocycles. The van der Waals surface area contributed by atoms with Gasteiger partial charge in [-0.1, -0.05) is 48.6 Å². The number of allylic oxidation sites excluding steroid dienone is 4. The standard InChI is InChI=1S/C20H21NO3/c1-2-8-16-13-19(22)17-11-6-7-12-18(17)21(16)20(23)24-14-15-9-4-3-5-10-15/h2-7,9-10,12,16-17H,1,8,11,13-14H2. The first kappa shape index (κ1) is 16.2. The van der Waals surface area contributed by atoms with Gasteiger partial charge in [-0.3, -0.25) is 9.69 Å². The van der Waals surface area contributed by atoms with Gasteiger partial charge in [0.1, 0.15) is 12.4 Å². The van der Waals surface area contributed by atoms with Crippen LogP contribution in [-0.2, 0) is 16.1 Å². The summed E-state index contributed by atoms with van der Waals surface area (Å²) in [5.41, 5.74) is 1.69. The fraction of sp³-hybridized carbons (Fsp3) is 0.300. The van der Waals surface area contributed by atoms with Crippen LogP contribution in [0, 0.1) is 5.92 Å². The Balaban J connectivity index is 1.79. The first-order valence-corrected chi connectivity index (χ1v) is 8.21. The molecule has 1 heterocycles. The van der Waals surface area contributed by atoms with Gasteiger partial charge in [0.05, 0.1) is 12.0 Å². The lowest BCUT2D eigenvalue weighted by Gasteiger charge is -2.40. The Bertz CT molecular complexity index is 690. The van der Waals surface area contributed by atoms with Gasteiger partial charge < -0.3 is 4.74 Å². The quantitative estimate of drug-likeness (QED) is 0.787. The van der Waals surface area contributed by atoms with Gasteiger partial charge >= 0.3 is 6.09 Å². The van der Waals surface area contributed by atoms with Crippen LogP contribution in [0.4, 0.5) is 4.79 Å². The number of rotatable bonds is 4. The molecule has 0 bridgehead atoms. The third-order valence-corrected chi connectivity index (χ3v) is 4.44. The van der Waals surface area contributed by atoms with Crippen molar-refractivity contribution in [2.24, 2.45) is 5.92 Å². The van der Waals surface area contributed by atoms with Crippen LogP contribution in [0.1, 0.15) is 24.8 Å². The molecule has 2 atom stereocenters. The highest BCUT2D eigenvalue weighted by Crippen LogP contribution is 2.35. The molecule has 4 nitrogen and oxygen atoms in total. The first-order valence-electron chi connectivity index (χ1n) is 8.21. The summed E-state index contributed by atoms with van der Waals surface area (Å²) in [7, 11) is 0. The molecule has 0 saturated carbocycles. The van der Waals surface area contributed by atoms with Crippen molar-refractivity contribution in [3.8, 4) is 0 Å². The number of hydrogen-bond acceptors (Lipinski definition) is 3. The molecular formula is C20H21NO3. The van der Waals surface area contributed by atoms with Gasteiger partial charge in [-0.25, -0.2) is 4.79 Å². The molecular weight excluding hydrogens is 302 g/mol. The summed E-state index contributed by atoms with van der Waals surface area (Å²) in [5.74, 6) is -0.0510. The molecule has 1 saturated heterocycles. The number of carbonyl (C=O) groups is 2. The highest BCUT2D eigenvalue weighted by molar-refractivity contribution is 5.88. The van der Waals surface area contributed by atoms with Crippen LogP contribution >= 0.6 is 0 Å². The average molecular weight is 323 g/mol. The molecule has 0 spiro atoms. The molecule has 0 radical (unpaired) electrons. The van der Waals surface area contributed by atoms with Crippen molar-refractivity contribution < 1.29 is 14.3 Å². The van der Waals surface area contributed by atoms with E-state index in [0.717, 1.165) is 11.3 Å². The number of nitrogens with zero attached hydrogens (tertiary/aromatic N) is 1. The SMILES string of the molecule is C=CCC1CC(=O)C2CC=CC=C2N1C(=O)OCc1ccccc1. The van der Waals surface area contributed by atoms with Crippen LogP contribution in [0.25, 0.3) is 0 Å². The Hall–Kier alpha value is -2.62. The van der Waals surface area contributed by atoms with Crippen LogP contribution in [0.15, 0.2) is 66.9 Å². The Morgan fingerprint density at radius 1 is 1.33 bits per heavy atom. The molecule has 124 valence electrons. The van der Waals surface area contributed by atoms with Crippen LogP contribution in [0.2, 0.25) is 0 Å². The maximum atomic E-state index is 12.7. The maximum absolute atomic E-state index is 12.7. The van der Waals surface area contributed by atoms with E-state index in [1.807, 2.05) is 48.6 Å². The summed E-state index contributed by atoms with van der Waals surface area (Å²) < 4.78 is 5.50. The predicted octanol–water partition coefficient (Wildman–Crippen LogP) is 4.00. The Morgan fingerprint density at radius 3 is 2.88 bits per heavy atom. The summed E-state index contributed by atoms with van der Waals surface area (Å²) in [6.45, 7) is 3.97. The monoisotopic (exact) mass is 323 g/mol. The minimum atomic E-state index is -0.398. The minimum Gasteiger partial charge on any atom is -0.444 e. The second kappa shape index (κ2) is 7.30. The molecule has 2 aliphatic rings. The molecule has 24 heavy (non-hydrogen) atoms. The molecule has 3 rings (SSSR count). The van der Waals surface area contributed by atoms with E-state index in [0.29, 0.717) is 19.3 Å². The fourth-order valence-electron chi connectivity index (χ4n) is 3.26. The maximum Gasteiger partial charge on any atom is 0.414 e. The first-order chi connectivity index (χ1) is 11.7. The largest absolute Gasteiger partial charge is 0.444 e. The zero-order chi connectivity index (χ0) is 16.9. The predicted molar refractivity (Wildman–Crippen MR) is 92.0 cm³/mol. The van der Waals surface area contributed by atoms with Gasteiger partial charge in [0.2, 0.25) is 0 Å². The van der Waals surface area contributed by atoms with E-state index in [2.05, 4.69) is 6.58 Å². The van der Waals surface area contributed by atoms with E-state index in [4.69, 9.17) is 4.74 Å². The van der Waals surface area contributed by atoms with E-state index < -0.39 is 6.09 Å². The van der Waals surface area contributed by atoms with Gasteiger partial charge in [-0.15, -0.1) is 6.58 Å². The van der Waals surface area contributed by atoms with Crippen LogP contribution in [0.3, 0.4) is 0 Å². The van der Waals surface area contributed by atoms with E-state index >= 15 is 0 Å². The van der Waals surface area contributed by atoms with E-state index in [-0.39, 0.29) is 24.3 Å². The number of carbonyl (C=O) groups excluding carboxylic acids is 2. The Kier molecular flexibility index (Phi) is 4.94. The van der Waals surface area contributed by atoms with Gasteiger partial charge in [0, 0.05) is 12.1 Å². The molecule has 1 aliphatic carbocycles. The topological polar surface area (TPSA) is 46.6 Å². The highest BCUT2D eigenvalue weighted by atomic mass is 16.6. The molecule has 0 aromatic heterocycles. The number of piperidine rings is 1. The third kappa shape index (κ3) is 3.32. The molecule has 0 N–H and O–H groups in total. The number of Topliss-reactive ketones (excluding diaryl/α,β-unsaturated/α-hetero) is 1. The number of amides is 1. The molecule has 1 amide bonds. The van der Waals surface area contributed by atoms with E-state index in [1.54, 1.807) is 11.0 Å². The van der Waals surface area contributed by atoms with Crippen molar-refractivity contribution in [2.75, 3.05) is 0 Å². The highest BCUT2D eigenvalue weighted by Gasteiger charge is 2.41. The van der Waals surface area contributed by atoms with Crippen LogP contribution in [-0.4, -0.2) is 22.8 Å². The number of ketones is 1. The van der Waals surface area contributed by atoms with Crippen LogP contribution in [0.5, 0.6) is 0 Å². The summed E-state index contributed by atoms with van der Waals surface area (Å²) in [5, 5.41) is 0. The summed E-state index contributed by atoms with van der Waals surface area (Å²) in [6.07, 6.45) is 8.63. The number of fused-ring (bicyclic) bond motifs is 1. The Labute approximate surface area is 142 Å². The molecule has 1 fully saturated rings. The average Bonchev–Trinajstić information content (AvgIpc) is 2.61. The van der Waals surface area contributed by atoms with E-state index in [1.165, 1.54) is 0 Å². The van der Waals surface area contributed by atoms with Crippen molar-refractivity contribution in [3.63, 3.8) is 0 Å². The van der Waals surface area contributed by atoms with Crippen molar-refractivity contribution in [1.82, 2.24) is 4.90 Å². The van der Waals surface area contributed by atoms with Crippen LogP contribution < -0.4 is 0 Å². The lowest BCUT2D eigenvalue weighted by Crippen LogP contribution is -2.49. The number of benzene rings is 1. The molecule has 4 heteroatoms. The number of likely N-dealkylation sites (tertiary alicyclic amines) is 1. The summed E-state index contributed by atoms with van der Waals surface area (Å²) in [6, 6.07) is 9.36. The molecule has 2 unspecified atom stereocenters. The summed E-state index contributed by atoms with van der Waals surface area (Å²) >= 11 is 0. The van der Waals surface area contributed by atoms with Gasteiger partial charge in [-0.05, 0) is 24.5 Å². The lowest BCUT2D eigenvalue weighted by molar-refractivity contribution is -0.125. The minimum absolute atomic E-state index is 0.185.